The van der Waals surface area contributed by atoms with Crippen molar-refractivity contribution in [2.24, 2.45) is 0 Å². The Morgan fingerprint density at radius 1 is 1.32 bits per heavy atom. The molecule has 0 spiro atoms. The topological polar surface area (TPSA) is 46.6 Å². The van der Waals surface area contributed by atoms with E-state index in [-0.39, 0.29) is 11.9 Å². The van der Waals surface area contributed by atoms with Crippen LogP contribution in [-0.2, 0) is 16.1 Å². The van der Waals surface area contributed by atoms with E-state index in [1.165, 1.54) is 0 Å². The smallest absolute Gasteiger partial charge is 0.223 e. The Bertz CT molecular complexity index is 441. The molecule has 19 heavy (non-hydrogen) atoms. The van der Waals surface area contributed by atoms with Crippen LogP contribution in [-0.4, -0.2) is 30.2 Å². The van der Waals surface area contributed by atoms with Crippen molar-refractivity contribution < 1.29 is 14.3 Å². The predicted octanol–water partition coefficient (Wildman–Crippen LogP) is 2.17. The van der Waals surface area contributed by atoms with Crippen LogP contribution in [0.2, 0.25) is 0 Å². The normalized spacial score (nSPS) is 19.9. The molecule has 4 nitrogen and oxygen atoms in total. The van der Waals surface area contributed by atoms with E-state index in [4.69, 9.17) is 4.74 Å². The lowest BCUT2D eigenvalue weighted by Gasteiger charge is -2.26. The van der Waals surface area contributed by atoms with Gasteiger partial charge in [0.1, 0.15) is 12.0 Å². The number of rotatable bonds is 4. The first kappa shape index (κ1) is 13.6. The number of carbonyl (C=O) groups excluding carboxylic acids is 2. The fourth-order valence-corrected chi connectivity index (χ4v) is 2.39. The van der Waals surface area contributed by atoms with Crippen molar-refractivity contribution in [2.75, 3.05) is 7.11 Å². The monoisotopic (exact) mass is 261 g/mol. The Labute approximate surface area is 113 Å². The van der Waals surface area contributed by atoms with Gasteiger partial charge in [-0.3, -0.25) is 4.79 Å². The van der Waals surface area contributed by atoms with E-state index in [1.54, 1.807) is 12.0 Å². The molecule has 1 aromatic rings. The van der Waals surface area contributed by atoms with E-state index in [2.05, 4.69) is 0 Å². The summed E-state index contributed by atoms with van der Waals surface area (Å²) < 4.78 is 5.11. The van der Waals surface area contributed by atoms with Gasteiger partial charge in [-0.15, -0.1) is 0 Å². The Balaban J connectivity index is 2.12. The third kappa shape index (κ3) is 3.34. The molecule has 1 fully saturated rings. The van der Waals surface area contributed by atoms with Gasteiger partial charge in [0, 0.05) is 13.0 Å². The summed E-state index contributed by atoms with van der Waals surface area (Å²) in [4.78, 5) is 24.9. The van der Waals surface area contributed by atoms with Crippen molar-refractivity contribution in [3.63, 3.8) is 0 Å². The van der Waals surface area contributed by atoms with E-state index >= 15 is 0 Å². The summed E-state index contributed by atoms with van der Waals surface area (Å²) in [5.74, 6) is 0.864. The second kappa shape index (κ2) is 6.36. The molecule has 1 heterocycles. The Kier molecular flexibility index (Phi) is 4.55. The molecular weight excluding hydrogens is 242 g/mol. The molecule has 0 aliphatic carbocycles. The molecule has 4 heteroatoms. The first-order valence-corrected chi connectivity index (χ1v) is 6.62. The van der Waals surface area contributed by atoms with Gasteiger partial charge in [-0.05, 0) is 30.5 Å². The fraction of sp³-hybridized carbons (Fsp3) is 0.467. The largest absolute Gasteiger partial charge is 0.497 e. The van der Waals surface area contributed by atoms with Crippen molar-refractivity contribution in [3.05, 3.63) is 29.8 Å². The lowest BCUT2D eigenvalue weighted by atomic mass is 10.1. The van der Waals surface area contributed by atoms with E-state index in [0.717, 1.165) is 36.9 Å². The molecule has 102 valence electrons. The summed E-state index contributed by atoms with van der Waals surface area (Å²) in [5, 5.41) is 0. The number of aldehydes is 1. The molecular formula is C15H19NO3. The van der Waals surface area contributed by atoms with Crippen LogP contribution in [0.1, 0.15) is 31.2 Å². The summed E-state index contributed by atoms with van der Waals surface area (Å²) in [5.41, 5.74) is 1.02. The van der Waals surface area contributed by atoms with Crippen LogP contribution < -0.4 is 4.74 Å². The minimum atomic E-state index is -0.280. The number of amides is 1. The van der Waals surface area contributed by atoms with E-state index < -0.39 is 0 Å². The highest BCUT2D eigenvalue weighted by atomic mass is 16.5. The minimum Gasteiger partial charge on any atom is -0.497 e. The van der Waals surface area contributed by atoms with Crippen molar-refractivity contribution >= 4 is 12.2 Å². The quantitative estimate of drug-likeness (QED) is 0.780. The standard InChI is InChI=1S/C15H19NO3/c1-19-14-8-6-12(7-9-14)10-16-13(11-17)4-2-3-5-15(16)18/h6-9,11,13H,2-5,10H2,1H3/t13-/m1/s1. The van der Waals surface area contributed by atoms with Crippen LogP contribution in [0, 0.1) is 0 Å². The highest BCUT2D eigenvalue weighted by Gasteiger charge is 2.25. The van der Waals surface area contributed by atoms with E-state index in [0.29, 0.717) is 13.0 Å². The number of carbonyl (C=O) groups is 2. The lowest BCUT2D eigenvalue weighted by molar-refractivity contribution is -0.136. The molecule has 0 N–H and O–H groups in total. The molecule has 1 aliphatic rings. The van der Waals surface area contributed by atoms with Crippen LogP contribution in [0.3, 0.4) is 0 Å². The number of likely N-dealkylation sites (tertiary alicyclic amines) is 1. The summed E-state index contributed by atoms with van der Waals surface area (Å²) in [7, 11) is 1.62. The van der Waals surface area contributed by atoms with Gasteiger partial charge in [0.2, 0.25) is 5.91 Å². The maximum atomic E-state index is 12.1. The van der Waals surface area contributed by atoms with Crippen molar-refractivity contribution in [3.8, 4) is 5.75 Å². The third-order valence-electron chi connectivity index (χ3n) is 3.53. The molecule has 1 atom stereocenters. The average Bonchev–Trinajstić information content (AvgIpc) is 2.62. The van der Waals surface area contributed by atoms with Gasteiger partial charge in [-0.2, -0.15) is 0 Å². The van der Waals surface area contributed by atoms with Gasteiger partial charge in [-0.25, -0.2) is 0 Å². The molecule has 0 bridgehead atoms. The van der Waals surface area contributed by atoms with Crippen LogP contribution >= 0.6 is 0 Å². The Morgan fingerprint density at radius 2 is 2.05 bits per heavy atom. The van der Waals surface area contributed by atoms with E-state index in [9.17, 15) is 9.59 Å². The van der Waals surface area contributed by atoms with Crippen LogP contribution in [0.25, 0.3) is 0 Å². The van der Waals surface area contributed by atoms with Crippen LogP contribution in [0.5, 0.6) is 5.75 Å². The summed E-state index contributed by atoms with van der Waals surface area (Å²) >= 11 is 0. The number of methoxy groups -OCH3 is 1. The number of benzene rings is 1. The number of ether oxygens (including phenoxy) is 1. The number of nitrogens with zero attached hydrogens (tertiary/aromatic N) is 1. The third-order valence-corrected chi connectivity index (χ3v) is 3.53. The van der Waals surface area contributed by atoms with Gasteiger partial charge in [-0.1, -0.05) is 18.6 Å². The zero-order valence-corrected chi connectivity index (χ0v) is 11.2. The Hall–Kier alpha value is -1.84. The molecule has 1 aromatic carbocycles. The SMILES string of the molecule is COc1ccc(CN2C(=O)CCCC[C@@H]2C=O)cc1. The highest BCUT2D eigenvalue weighted by Crippen LogP contribution is 2.20. The van der Waals surface area contributed by atoms with Crippen LogP contribution in [0.15, 0.2) is 24.3 Å². The average molecular weight is 261 g/mol. The fourth-order valence-electron chi connectivity index (χ4n) is 2.39. The first-order valence-electron chi connectivity index (χ1n) is 6.62. The molecule has 0 radical (unpaired) electrons. The van der Waals surface area contributed by atoms with Gasteiger partial charge in [0.05, 0.1) is 13.2 Å². The first-order chi connectivity index (χ1) is 9.24. The second-order valence-electron chi connectivity index (χ2n) is 4.82. The maximum Gasteiger partial charge on any atom is 0.223 e. The summed E-state index contributed by atoms with van der Waals surface area (Å²) in [6.45, 7) is 0.492. The predicted molar refractivity (Wildman–Crippen MR) is 71.9 cm³/mol. The lowest BCUT2D eigenvalue weighted by Crippen LogP contribution is -2.39. The minimum absolute atomic E-state index is 0.0745. The molecule has 0 saturated carbocycles. The molecule has 1 aliphatic heterocycles. The van der Waals surface area contributed by atoms with Crippen molar-refractivity contribution in [1.82, 2.24) is 4.90 Å². The second-order valence-corrected chi connectivity index (χ2v) is 4.82. The molecule has 1 amide bonds. The zero-order chi connectivity index (χ0) is 13.7. The molecule has 0 unspecified atom stereocenters. The van der Waals surface area contributed by atoms with Crippen molar-refractivity contribution in [2.45, 2.75) is 38.3 Å². The zero-order valence-electron chi connectivity index (χ0n) is 11.2. The summed E-state index contributed by atoms with van der Waals surface area (Å²) in [6, 6.07) is 7.32. The molecule has 0 aromatic heterocycles. The van der Waals surface area contributed by atoms with Crippen molar-refractivity contribution in [1.29, 1.82) is 0 Å². The van der Waals surface area contributed by atoms with Gasteiger partial charge in [0.25, 0.3) is 0 Å². The summed E-state index contributed by atoms with van der Waals surface area (Å²) in [6.07, 6.45) is 4.02. The Morgan fingerprint density at radius 3 is 2.68 bits per heavy atom. The maximum absolute atomic E-state index is 12.1. The molecule has 2 rings (SSSR count). The van der Waals surface area contributed by atoms with Gasteiger partial charge in [0.15, 0.2) is 0 Å². The van der Waals surface area contributed by atoms with Gasteiger partial charge >= 0.3 is 0 Å². The number of hydrogen-bond donors (Lipinski definition) is 0. The van der Waals surface area contributed by atoms with Crippen LogP contribution in [0.4, 0.5) is 0 Å². The highest BCUT2D eigenvalue weighted by molar-refractivity contribution is 5.80. The molecule has 1 saturated heterocycles. The number of hydrogen-bond acceptors (Lipinski definition) is 3. The van der Waals surface area contributed by atoms with Gasteiger partial charge < -0.3 is 14.4 Å². The van der Waals surface area contributed by atoms with E-state index in [1.807, 2.05) is 24.3 Å².